The summed E-state index contributed by atoms with van der Waals surface area (Å²) in [5, 5.41) is 7.44. The van der Waals surface area contributed by atoms with Crippen LogP contribution in [0.1, 0.15) is 16.9 Å². The first-order chi connectivity index (χ1) is 14.4. The van der Waals surface area contributed by atoms with Crippen LogP contribution in [-0.2, 0) is 4.79 Å². The molecular formula is C22H20N4O3S. The van der Waals surface area contributed by atoms with Gasteiger partial charge in [0.2, 0.25) is 5.91 Å². The second-order valence-electron chi connectivity index (χ2n) is 6.93. The van der Waals surface area contributed by atoms with Crippen LogP contribution in [0.2, 0.25) is 0 Å². The van der Waals surface area contributed by atoms with Crippen molar-refractivity contribution < 1.29 is 9.32 Å². The monoisotopic (exact) mass is 420 g/mol. The summed E-state index contributed by atoms with van der Waals surface area (Å²) in [4.78, 5) is 30.4. The lowest BCUT2D eigenvalue weighted by Crippen LogP contribution is -2.23. The van der Waals surface area contributed by atoms with Gasteiger partial charge in [-0.15, -0.1) is 0 Å². The van der Waals surface area contributed by atoms with Crippen molar-refractivity contribution in [3.05, 3.63) is 75.8 Å². The minimum atomic E-state index is -0.261. The molecule has 2 aromatic carbocycles. The fraction of sp³-hybridized carbons (Fsp3) is 0.182. The Labute approximate surface area is 177 Å². The van der Waals surface area contributed by atoms with Crippen molar-refractivity contribution in [3.63, 3.8) is 0 Å². The van der Waals surface area contributed by atoms with Crippen LogP contribution in [0, 0.1) is 20.8 Å². The summed E-state index contributed by atoms with van der Waals surface area (Å²) in [6.07, 6.45) is 0. The van der Waals surface area contributed by atoms with Crippen molar-refractivity contribution in [1.82, 2.24) is 14.7 Å². The van der Waals surface area contributed by atoms with Crippen molar-refractivity contribution >= 4 is 34.4 Å². The Kier molecular flexibility index (Phi) is 5.41. The Hall–Kier alpha value is -3.39. The first-order valence-corrected chi connectivity index (χ1v) is 10.4. The van der Waals surface area contributed by atoms with Crippen LogP contribution in [0.15, 0.2) is 63.0 Å². The number of carbonyl (C=O) groups excluding carboxylic acids is 1. The number of aromatic nitrogens is 3. The predicted octanol–water partition coefficient (Wildman–Crippen LogP) is 4.03. The second-order valence-corrected chi connectivity index (χ2v) is 7.87. The fourth-order valence-corrected chi connectivity index (χ4v) is 3.94. The van der Waals surface area contributed by atoms with Crippen LogP contribution in [0.25, 0.3) is 16.6 Å². The maximum absolute atomic E-state index is 13.3. The molecule has 4 aromatic rings. The van der Waals surface area contributed by atoms with E-state index in [2.05, 4.69) is 15.5 Å². The average molecular weight is 420 g/mol. The minimum Gasteiger partial charge on any atom is -0.360 e. The molecule has 1 N–H and O–H groups in total. The summed E-state index contributed by atoms with van der Waals surface area (Å²) in [5.41, 5.74) is 3.25. The van der Waals surface area contributed by atoms with Gasteiger partial charge in [-0.05, 0) is 50.1 Å². The van der Waals surface area contributed by atoms with Gasteiger partial charge in [-0.25, -0.2) is 4.98 Å². The molecule has 0 fully saturated rings. The SMILES string of the molecule is Cc1cc(NC(=O)CSc2nc3ccccc3c(=O)n2-c2cccc(C)c2C)no1. The van der Waals surface area contributed by atoms with E-state index in [1.807, 2.05) is 44.2 Å². The lowest BCUT2D eigenvalue weighted by atomic mass is 10.1. The van der Waals surface area contributed by atoms with Gasteiger partial charge < -0.3 is 9.84 Å². The van der Waals surface area contributed by atoms with E-state index in [-0.39, 0.29) is 17.2 Å². The normalized spacial score (nSPS) is 11.0. The first kappa shape index (κ1) is 19.9. The molecule has 1 amide bonds. The van der Waals surface area contributed by atoms with Crippen molar-refractivity contribution in [1.29, 1.82) is 0 Å². The molecule has 0 atom stereocenters. The Bertz CT molecular complexity index is 1310. The third kappa shape index (κ3) is 3.86. The molecule has 0 aliphatic carbocycles. The number of nitrogens with one attached hydrogen (secondary N) is 1. The van der Waals surface area contributed by atoms with Crippen LogP contribution in [0.5, 0.6) is 0 Å². The highest BCUT2D eigenvalue weighted by molar-refractivity contribution is 7.99. The highest BCUT2D eigenvalue weighted by Crippen LogP contribution is 2.24. The molecule has 0 aliphatic heterocycles. The van der Waals surface area contributed by atoms with Gasteiger partial charge in [-0.2, -0.15) is 0 Å². The van der Waals surface area contributed by atoms with E-state index >= 15 is 0 Å². The molecule has 2 aromatic heterocycles. The van der Waals surface area contributed by atoms with Crippen molar-refractivity contribution in [3.8, 4) is 5.69 Å². The van der Waals surface area contributed by atoms with Gasteiger partial charge in [0, 0.05) is 6.07 Å². The maximum Gasteiger partial charge on any atom is 0.266 e. The van der Waals surface area contributed by atoms with E-state index in [0.717, 1.165) is 16.8 Å². The molecule has 152 valence electrons. The molecule has 8 heteroatoms. The zero-order valence-electron chi connectivity index (χ0n) is 16.8. The summed E-state index contributed by atoms with van der Waals surface area (Å²) in [5.74, 6) is 0.777. The number of thioether (sulfide) groups is 1. The molecule has 7 nitrogen and oxygen atoms in total. The number of hydrogen-bond donors (Lipinski definition) is 1. The van der Waals surface area contributed by atoms with E-state index in [0.29, 0.717) is 27.6 Å². The third-order valence-electron chi connectivity index (χ3n) is 4.79. The number of rotatable bonds is 5. The number of aryl methyl sites for hydroxylation is 2. The van der Waals surface area contributed by atoms with Gasteiger partial charge in [-0.3, -0.25) is 14.2 Å². The first-order valence-electron chi connectivity index (χ1n) is 9.38. The number of benzene rings is 2. The average Bonchev–Trinajstić information content (AvgIpc) is 3.13. The fourth-order valence-electron chi connectivity index (χ4n) is 3.13. The molecule has 4 rings (SSSR count). The van der Waals surface area contributed by atoms with Crippen molar-refractivity contribution in [2.45, 2.75) is 25.9 Å². The molecule has 0 unspecified atom stereocenters. The van der Waals surface area contributed by atoms with Crippen LogP contribution < -0.4 is 10.9 Å². The third-order valence-corrected chi connectivity index (χ3v) is 5.73. The Morgan fingerprint density at radius 3 is 2.70 bits per heavy atom. The van der Waals surface area contributed by atoms with E-state index in [1.165, 1.54) is 11.8 Å². The van der Waals surface area contributed by atoms with E-state index in [1.54, 1.807) is 29.7 Å². The Morgan fingerprint density at radius 1 is 1.13 bits per heavy atom. The molecule has 0 spiro atoms. The second kappa shape index (κ2) is 8.16. The molecule has 2 heterocycles. The van der Waals surface area contributed by atoms with Gasteiger partial charge in [0.1, 0.15) is 5.76 Å². The van der Waals surface area contributed by atoms with Crippen LogP contribution in [-0.4, -0.2) is 26.4 Å². The Morgan fingerprint density at radius 2 is 1.93 bits per heavy atom. The number of amides is 1. The van der Waals surface area contributed by atoms with E-state index in [9.17, 15) is 9.59 Å². The standard InChI is InChI=1S/C22H20N4O3S/c1-13-7-6-10-18(15(13)3)26-21(28)16-8-4-5-9-17(16)23-22(26)30-12-20(27)24-19-11-14(2)29-25-19/h4-11H,12H2,1-3H3,(H,24,25,27). The maximum atomic E-state index is 13.3. The van der Waals surface area contributed by atoms with Gasteiger partial charge in [0.05, 0.1) is 22.3 Å². The smallest absolute Gasteiger partial charge is 0.266 e. The van der Waals surface area contributed by atoms with Crippen molar-refractivity contribution in [2.75, 3.05) is 11.1 Å². The summed E-state index contributed by atoms with van der Waals surface area (Å²) in [6, 6.07) is 14.7. The molecule has 0 saturated heterocycles. The zero-order chi connectivity index (χ0) is 21.3. The number of anilines is 1. The number of nitrogens with zero attached hydrogens (tertiary/aromatic N) is 3. The summed E-state index contributed by atoms with van der Waals surface area (Å²) >= 11 is 1.20. The lowest BCUT2D eigenvalue weighted by molar-refractivity contribution is -0.113. The molecule has 0 radical (unpaired) electrons. The van der Waals surface area contributed by atoms with Crippen LogP contribution in [0.4, 0.5) is 5.82 Å². The molecule has 0 bridgehead atoms. The van der Waals surface area contributed by atoms with Gasteiger partial charge in [-0.1, -0.05) is 41.2 Å². The highest BCUT2D eigenvalue weighted by atomic mass is 32.2. The van der Waals surface area contributed by atoms with Crippen LogP contribution in [0.3, 0.4) is 0 Å². The number of carbonyl (C=O) groups is 1. The van der Waals surface area contributed by atoms with E-state index < -0.39 is 0 Å². The van der Waals surface area contributed by atoms with Crippen LogP contribution >= 0.6 is 11.8 Å². The zero-order valence-corrected chi connectivity index (χ0v) is 17.6. The quantitative estimate of drug-likeness (QED) is 0.387. The highest BCUT2D eigenvalue weighted by Gasteiger charge is 2.17. The molecular weight excluding hydrogens is 400 g/mol. The Balaban J connectivity index is 1.73. The number of fused-ring (bicyclic) bond motifs is 1. The minimum absolute atomic E-state index is 0.0710. The lowest BCUT2D eigenvalue weighted by Gasteiger charge is -2.16. The largest absolute Gasteiger partial charge is 0.360 e. The summed E-state index contributed by atoms with van der Waals surface area (Å²) in [7, 11) is 0. The number of para-hydroxylation sites is 1. The predicted molar refractivity (Wildman–Crippen MR) is 117 cm³/mol. The molecule has 30 heavy (non-hydrogen) atoms. The van der Waals surface area contributed by atoms with Gasteiger partial charge in [0.25, 0.3) is 5.56 Å². The summed E-state index contributed by atoms with van der Waals surface area (Å²) in [6.45, 7) is 5.72. The van der Waals surface area contributed by atoms with Crippen molar-refractivity contribution in [2.24, 2.45) is 0 Å². The summed E-state index contributed by atoms with van der Waals surface area (Å²) < 4.78 is 6.55. The topological polar surface area (TPSA) is 90.0 Å². The molecule has 0 saturated carbocycles. The van der Waals surface area contributed by atoms with Gasteiger partial charge in [0.15, 0.2) is 11.0 Å². The number of hydrogen-bond acceptors (Lipinski definition) is 6. The molecule has 0 aliphatic rings. The van der Waals surface area contributed by atoms with Gasteiger partial charge >= 0.3 is 0 Å². The van der Waals surface area contributed by atoms with E-state index in [4.69, 9.17) is 4.52 Å².